The molecule has 156 valence electrons. The fourth-order valence-electron chi connectivity index (χ4n) is 5.23. The number of hydrogen-bond acceptors (Lipinski definition) is 2. The number of aryl methyl sites for hydroxylation is 1. The summed E-state index contributed by atoms with van der Waals surface area (Å²) in [5.41, 5.74) is 3.39. The summed E-state index contributed by atoms with van der Waals surface area (Å²) in [5.74, 6) is 0.510. The van der Waals surface area contributed by atoms with Crippen molar-refractivity contribution in [1.82, 2.24) is 14.8 Å². The third-order valence-electron chi connectivity index (χ3n) is 6.90. The Kier molecular flexibility index (Phi) is 5.66. The number of nitrogens with zero attached hydrogens (tertiary/aromatic N) is 2. The molecule has 1 aromatic heterocycles. The second kappa shape index (κ2) is 8.21. The number of benzene rings is 1. The topological polar surface area (TPSA) is 56.4 Å². The van der Waals surface area contributed by atoms with Gasteiger partial charge in [0.2, 0.25) is 11.8 Å². The molecule has 0 unspecified atom stereocenters. The third kappa shape index (κ3) is 4.05. The number of piperidine rings is 2. The summed E-state index contributed by atoms with van der Waals surface area (Å²) in [6.07, 6.45) is 6.32. The van der Waals surface area contributed by atoms with Crippen LogP contribution in [0.15, 0.2) is 24.3 Å². The smallest absolute Gasteiger partial charge is 0.227 e. The Morgan fingerprint density at radius 1 is 1.21 bits per heavy atom. The van der Waals surface area contributed by atoms with Gasteiger partial charge < -0.3 is 14.8 Å². The quantitative estimate of drug-likeness (QED) is 0.830. The van der Waals surface area contributed by atoms with Crippen LogP contribution in [0.4, 0.5) is 0 Å². The van der Waals surface area contributed by atoms with Gasteiger partial charge in [-0.15, -0.1) is 0 Å². The molecule has 0 bridgehead atoms. The highest BCUT2D eigenvalue weighted by Crippen LogP contribution is 2.39. The summed E-state index contributed by atoms with van der Waals surface area (Å²) >= 11 is 0. The fourth-order valence-corrected chi connectivity index (χ4v) is 5.23. The van der Waals surface area contributed by atoms with E-state index in [9.17, 15) is 9.59 Å². The Morgan fingerprint density at radius 3 is 2.86 bits per heavy atom. The zero-order valence-corrected chi connectivity index (χ0v) is 17.8. The van der Waals surface area contributed by atoms with Gasteiger partial charge in [0.25, 0.3) is 0 Å². The average Bonchev–Trinajstić information content (AvgIpc) is 3.04. The molecular weight excluding hydrogens is 362 g/mol. The highest BCUT2D eigenvalue weighted by atomic mass is 16.2. The minimum atomic E-state index is 0.0881. The zero-order valence-electron chi connectivity index (χ0n) is 17.8. The molecule has 2 aliphatic heterocycles. The maximum Gasteiger partial charge on any atom is 0.227 e. The van der Waals surface area contributed by atoms with Crippen LogP contribution < -0.4 is 0 Å². The zero-order chi connectivity index (χ0) is 20.4. The molecule has 3 heterocycles. The van der Waals surface area contributed by atoms with E-state index in [0.717, 1.165) is 80.4 Å². The number of carbonyl (C=O) groups is 2. The van der Waals surface area contributed by atoms with Gasteiger partial charge in [-0.3, -0.25) is 9.59 Å². The molecule has 1 atom stereocenters. The van der Waals surface area contributed by atoms with Crippen LogP contribution in [0.3, 0.4) is 0 Å². The lowest BCUT2D eigenvalue weighted by Crippen LogP contribution is -2.55. The van der Waals surface area contributed by atoms with Gasteiger partial charge in [-0.05, 0) is 44.2 Å². The van der Waals surface area contributed by atoms with Crippen molar-refractivity contribution in [1.29, 1.82) is 0 Å². The first-order valence-electron chi connectivity index (χ1n) is 11.1. The van der Waals surface area contributed by atoms with Crippen molar-refractivity contribution in [3.63, 3.8) is 0 Å². The molecule has 2 aromatic rings. The largest absolute Gasteiger partial charge is 0.358 e. The number of aromatic nitrogens is 1. The summed E-state index contributed by atoms with van der Waals surface area (Å²) in [5, 5.41) is 1.15. The van der Waals surface area contributed by atoms with Gasteiger partial charge >= 0.3 is 0 Å². The predicted molar refractivity (Wildman–Crippen MR) is 116 cm³/mol. The van der Waals surface area contributed by atoms with E-state index in [4.69, 9.17) is 0 Å². The van der Waals surface area contributed by atoms with Gasteiger partial charge in [-0.2, -0.15) is 0 Å². The highest BCUT2D eigenvalue weighted by Gasteiger charge is 2.42. The molecule has 29 heavy (non-hydrogen) atoms. The van der Waals surface area contributed by atoms with Crippen LogP contribution in [0.25, 0.3) is 10.9 Å². The molecule has 4 rings (SSSR count). The van der Waals surface area contributed by atoms with Crippen molar-refractivity contribution in [3.05, 3.63) is 35.5 Å². The molecule has 0 saturated carbocycles. The van der Waals surface area contributed by atoms with E-state index >= 15 is 0 Å². The number of rotatable bonds is 5. The molecule has 0 aliphatic carbocycles. The molecule has 5 heteroatoms. The van der Waals surface area contributed by atoms with Crippen LogP contribution in [0, 0.1) is 12.3 Å². The molecular formula is C24H33N3O2. The van der Waals surface area contributed by atoms with Crippen LogP contribution in [0.1, 0.15) is 56.7 Å². The lowest BCUT2D eigenvalue weighted by molar-refractivity contribution is -0.142. The summed E-state index contributed by atoms with van der Waals surface area (Å²) in [4.78, 5) is 33.1. The first-order valence-corrected chi connectivity index (χ1v) is 11.1. The van der Waals surface area contributed by atoms with Crippen molar-refractivity contribution in [2.75, 3.05) is 26.2 Å². The van der Waals surface area contributed by atoms with Crippen LogP contribution in [-0.2, 0) is 16.0 Å². The number of aromatic amines is 1. The van der Waals surface area contributed by atoms with E-state index in [-0.39, 0.29) is 11.3 Å². The summed E-state index contributed by atoms with van der Waals surface area (Å²) in [7, 11) is 0. The monoisotopic (exact) mass is 395 g/mol. The lowest BCUT2D eigenvalue weighted by atomic mass is 9.73. The maximum absolute atomic E-state index is 13.2. The second-order valence-corrected chi connectivity index (χ2v) is 9.04. The number of hydrogen-bond donors (Lipinski definition) is 1. The van der Waals surface area contributed by atoms with Crippen LogP contribution in [-0.4, -0.2) is 52.8 Å². The SMILES string of the molecule is CCCCN1C[C@]2(CCCN(C(=O)Cc3c(C)[nH]c4ccccc34)C2)CCC1=O. The average molecular weight is 396 g/mol. The number of fused-ring (bicyclic) bond motifs is 1. The predicted octanol–water partition coefficient (Wildman–Crippen LogP) is 4.05. The minimum Gasteiger partial charge on any atom is -0.358 e. The van der Waals surface area contributed by atoms with E-state index < -0.39 is 0 Å². The number of nitrogens with one attached hydrogen (secondary N) is 1. The van der Waals surface area contributed by atoms with Gasteiger partial charge in [0.1, 0.15) is 0 Å². The number of likely N-dealkylation sites (tertiary alicyclic amines) is 2. The number of unbranched alkanes of at least 4 members (excludes halogenated alkanes) is 1. The van der Waals surface area contributed by atoms with Gasteiger partial charge in [-0.25, -0.2) is 0 Å². The summed E-state index contributed by atoms with van der Waals surface area (Å²) < 4.78 is 0. The molecule has 1 spiro atoms. The van der Waals surface area contributed by atoms with Crippen LogP contribution in [0.5, 0.6) is 0 Å². The van der Waals surface area contributed by atoms with Gasteiger partial charge in [0, 0.05) is 54.6 Å². The molecule has 1 N–H and O–H groups in total. The van der Waals surface area contributed by atoms with E-state index in [1.54, 1.807) is 0 Å². The molecule has 2 saturated heterocycles. The lowest BCUT2D eigenvalue weighted by Gasteiger charge is -2.48. The van der Waals surface area contributed by atoms with E-state index in [0.29, 0.717) is 18.7 Å². The standard InChI is InChI=1S/C24H33N3O2/c1-3-4-13-26-16-24(12-10-22(26)28)11-7-14-27(17-24)23(29)15-20-18(2)25-21-9-6-5-8-19(20)21/h5-6,8-9,25H,3-4,7,10-17H2,1-2H3/t24-/m0/s1. The second-order valence-electron chi connectivity index (χ2n) is 9.04. The fraction of sp³-hybridized carbons (Fsp3) is 0.583. The van der Waals surface area contributed by atoms with Crippen molar-refractivity contribution in [2.24, 2.45) is 5.41 Å². The van der Waals surface area contributed by atoms with Gasteiger partial charge in [0.05, 0.1) is 6.42 Å². The first-order chi connectivity index (χ1) is 14.0. The van der Waals surface area contributed by atoms with Crippen molar-refractivity contribution in [3.8, 4) is 0 Å². The Balaban J connectivity index is 1.47. The molecule has 2 amide bonds. The van der Waals surface area contributed by atoms with Gasteiger partial charge in [-0.1, -0.05) is 31.5 Å². The molecule has 0 radical (unpaired) electrons. The highest BCUT2D eigenvalue weighted by molar-refractivity contribution is 5.90. The van der Waals surface area contributed by atoms with E-state index in [1.807, 2.05) is 12.1 Å². The van der Waals surface area contributed by atoms with Crippen molar-refractivity contribution < 1.29 is 9.59 Å². The summed E-state index contributed by atoms with van der Waals surface area (Å²) in [6, 6.07) is 8.21. The van der Waals surface area contributed by atoms with Crippen LogP contribution in [0.2, 0.25) is 0 Å². The minimum absolute atomic E-state index is 0.0881. The summed E-state index contributed by atoms with van der Waals surface area (Å²) in [6.45, 7) is 7.53. The Hall–Kier alpha value is -2.30. The first kappa shape index (κ1) is 20.0. The van der Waals surface area contributed by atoms with E-state index in [1.165, 1.54) is 0 Å². The third-order valence-corrected chi connectivity index (χ3v) is 6.90. The number of amides is 2. The van der Waals surface area contributed by atoms with Gasteiger partial charge in [0.15, 0.2) is 0 Å². The molecule has 1 aromatic carbocycles. The Morgan fingerprint density at radius 2 is 2.03 bits per heavy atom. The Bertz CT molecular complexity index is 903. The maximum atomic E-state index is 13.2. The van der Waals surface area contributed by atoms with Crippen LogP contribution >= 0.6 is 0 Å². The van der Waals surface area contributed by atoms with Crippen molar-refractivity contribution in [2.45, 2.75) is 58.8 Å². The molecule has 2 aliphatic rings. The Labute approximate surface area is 173 Å². The number of carbonyl (C=O) groups excluding carboxylic acids is 2. The molecule has 5 nitrogen and oxygen atoms in total. The number of H-pyrrole nitrogens is 1. The van der Waals surface area contributed by atoms with Crippen molar-refractivity contribution >= 4 is 22.7 Å². The van der Waals surface area contributed by atoms with E-state index in [2.05, 4.69) is 40.8 Å². The normalized spacial score (nSPS) is 22.6. The molecule has 2 fully saturated rings. The number of para-hydroxylation sites is 1.